The van der Waals surface area contributed by atoms with E-state index in [0.717, 1.165) is 13.0 Å². The molecule has 2 N–H and O–H groups in total. The highest BCUT2D eigenvalue weighted by Crippen LogP contribution is 2.33. The second-order valence-corrected chi connectivity index (χ2v) is 5.82. The van der Waals surface area contributed by atoms with E-state index < -0.39 is 17.2 Å². The van der Waals surface area contributed by atoms with E-state index in [1.807, 2.05) is 27.7 Å². The molecule has 1 amide bonds. The fourth-order valence-electron chi connectivity index (χ4n) is 2.82. The Labute approximate surface area is 103 Å². The third-order valence-electron chi connectivity index (χ3n) is 3.49. The van der Waals surface area contributed by atoms with Crippen LogP contribution in [0.15, 0.2) is 0 Å². The van der Waals surface area contributed by atoms with Gasteiger partial charge in [0.15, 0.2) is 0 Å². The maximum Gasteiger partial charge on any atom is 0.408 e. The van der Waals surface area contributed by atoms with Gasteiger partial charge in [-0.25, -0.2) is 4.79 Å². The normalized spacial score (nSPS) is 30.1. The predicted octanol–water partition coefficient (Wildman–Crippen LogP) is 1.53. The molecule has 0 aromatic carbocycles. The van der Waals surface area contributed by atoms with Gasteiger partial charge in [0.05, 0.1) is 11.6 Å². The summed E-state index contributed by atoms with van der Waals surface area (Å²) in [6.45, 7) is 9.23. The third kappa shape index (κ3) is 2.72. The highest BCUT2D eigenvalue weighted by Gasteiger charge is 2.48. The fourth-order valence-corrected chi connectivity index (χ4v) is 2.82. The van der Waals surface area contributed by atoms with Crippen molar-refractivity contribution in [2.24, 2.45) is 0 Å². The number of hydrogen-bond donors (Lipinski definition) is 2. The van der Waals surface area contributed by atoms with E-state index in [0.29, 0.717) is 6.54 Å². The lowest BCUT2D eigenvalue weighted by atomic mass is 9.82. The van der Waals surface area contributed by atoms with Crippen molar-refractivity contribution in [2.75, 3.05) is 20.2 Å². The number of carbonyl (C=O) groups is 1. The molecule has 5 nitrogen and oxygen atoms in total. The van der Waals surface area contributed by atoms with Crippen molar-refractivity contribution in [3.05, 3.63) is 0 Å². The van der Waals surface area contributed by atoms with Crippen molar-refractivity contribution in [1.29, 1.82) is 0 Å². The van der Waals surface area contributed by atoms with E-state index in [1.54, 1.807) is 7.11 Å². The van der Waals surface area contributed by atoms with Crippen LogP contribution in [0.3, 0.4) is 0 Å². The Hall–Kier alpha value is -0.810. The third-order valence-corrected chi connectivity index (χ3v) is 3.49. The SMILES string of the molecule is CO[C@@H]1CNCC[C@@]1(C)N(C(=O)O)C(C)(C)C. The average Bonchev–Trinajstić information content (AvgIpc) is 2.14. The molecule has 2 atom stereocenters. The van der Waals surface area contributed by atoms with Gasteiger partial charge < -0.3 is 15.2 Å². The van der Waals surface area contributed by atoms with Gasteiger partial charge in [0.1, 0.15) is 0 Å². The van der Waals surface area contributed by atoms with Crippen LogP contribution in [0.2, 0.25) is 0 Å². The van der Waals surface area contributed by atoms with Gasteiger partial charge in [0, 0.05) is 19.2 Å². The van der Waals surface area contributed by atoms with Crippen LogP contribution < -0.4 is 5.32 Å². The standard InChI is InChI=1S/C12H24N2O3/c1-11(2,3)14(10(15)16)12(4)6-7-13-8-9(12)17-5/h9,13H,6-8H2,1-5H3,(H,15,16)/t9-,12-/m1/s1. The first-order valence-corrected chi connectivity index (χ1v) is 6.00. The summed E-state index contributed by atoms with van der Waals surface area (Å²) in [6, 6.07) is 0. The molecule has 0 aliphatic carbocycles. The van der Waals surface area contributed by atoms with Crippen molar-refractivity contribution < 1.29 is 14.6 Å². The van der Waals surface area contributed by atoms with Crippen LogP contribution in [0.5, 0.6) is 0 Å². The summed E-state index contributed by atoms with van der Waals surface area (Å²) in [5.41, 5.74) is -0.918. The molecule has 0 aromatic heterocycles. The van der Waals surface area contributed by atoms with E-state index in [-0.39, 0.29) is 6.10 Å². The van der Waals surface area contributed by atoms with Gasteiger partial charge in [0.25, 0.3) is 0 Å². The average molecular weight is 244 g/mol. The first-order valence-electron chi connectivity index (χ1n) is 6.00. The smallest absolute Gasteiger partial charge is 0.408 e. The van der Waals surface area contributed by atoms with Crippen LogP contribution in [0.4, 0.5) is 4.79 Å². The van der Waals surface area contributed by atoms with Crippen LogP contribution in [-0.2, 0) is 4.74 Å². The molecule has 0 radical (unpaired) electrons. The fraction of sp³-hybridized carbons (Fsp3) is 0.917. The Morgan fingerprint density at radius 3 is 2.53 bits per heavy atom. The van der Waals surface area contributed by atoms with Crippen LogP contribution in [0.1, 0.15) is 34.1 Å². The Bertz CT molecular complexity index is 288. The van der Waals surface area contributed by atoms with E-state index in [2.05, 4.69) is 5.32 Å². The summed E-state index contributed by atoms with van der Waals surface area (Å²) >= 11 is 0. The Balaban J connectivity index is 3.09. The van der Waals surface area contributed by atoms with Gasteiger partial charge in [-0.2, -0.15) is 0 Å². The molecule has 5 heteroatoms. The number of nitrogens with one attached hydrogen (secondary N) is 1. The Kier molecular flexibility index (Phi) is 4.04. The second-order valence-electron chi connectivity index (χ2n) is 5.82. The molecule has 0 saturated carbocycles. The summed E-state index contributed by atoms with van der Waals surface area (Å²) in [7, 11) is 1.64. The highest BCUT2D eigenvalue weighted by atomic mass is 16.5. The van der Waals surface area contributed by atoms with Crippen molar-refractivity contribution in [3.63, 3.8) is 0 Å². The molecule has 1 aliphatic heterocycles. The number of amides is 1. The molecule has 1 saturated heterocycles. The number of piperidine rings is 1. The van der Waals surface area contributed by atoms with E-state index in [4.69, 9.17) is 4.74 Å². The molecule has 1 rings (SSSR count). The van der Waals surface area contributed by atoms with Crippen molar-refractivity contribution in [1.82, 2.24) is 10.2 Å². The van der Waals surface area contributed by atoms with Gasteiger partial charge in [-0.1, -0.05) is 0 Å². The number of methoxy groups -OCH3 is 1. The van der Waals surface area contributed by atoms with E-state index >= 15 is 0 Å². The summed E-state index contributed by atoms with van der Waals surface area (Å²) in [5, 5.41) is 12.7. The van der Waals surface area contributed by atoms with Crippen LogP contribution in [0.25, 0.3) is 0 Å². The number of ether oxygens (including phenoxy) is 1. The lowest BCUT2D eigenvalue weighted by Gasteiger charge is -2.52. The minimum atomic E-state index is -0.885. The van der Waals surface area contributed by atoms with Gasteiger partial charge in [0.2, 0.25) is 0 Å². The van der Waals surface area contributed by atoms with E-state index in [1.165, 1.54) is 4.90 Å². The topological polar surface area (TPSA) is 61.8 Å². The van der Waals surface area contributed by atoms with Gasteiger partial charge in [-0.05, 0) is 40.7 Å². The largest absolute Gasteiger partial charge is 0.465 e. The minimum absolute atomic E-state index is 0.119. The maximum absolute atomic E-state index is 11.6. The van der Waals surface area contributed by atoms with Crippen molar-refractivity contribution >= 4 is 6.09 Å². The lowest BCUT2D eigenvalue weighted by molar-refractivity contribution is -0.0808. The monoisotopic (exact) mass is 244 g/mol. The summed E-state index contributed by atoms with van der Waals surface area (Å²) < 4.78 is 5.47. The minimum Gasteiger partial charge on any atom is -0.465 e. The number of rotatable bonds is 2. The predicted molar refractivity (Wildman–Crippen MR) is 66.3 cm³/mol. The molecule has 17 heavy (non-hydrogen) atoms. The second kappa shape index (κ2) is 4.82. The first kappa shape index (κ1) is 14.3. The molecular formula is C12H24N2O3. The van der Waals surface area contributed by atoms with Crippen molar-refractivity contribution in [3.8, 4) is 0 Å². The van der Waals surface area contributed by atoms with Gasteiger partial charge in [-0.3, -0.25) is 4.90 Å². The number of hydrogen-bond acceptors (Lipinski definition) is 3. The maximum atomic E-state index is 11.6. The summed E-state index contributed by atoms with van der Waals surface area (Å²) in [6.07, 6.45) is -0.245. The molecule has 0 spiro atoms. The highest BCUT2D eigenvalue weighted by molar-refractivity contribution is 5.67. The Morgan fingerprint density at radius 2 is 2.12 bits per heavy atom. The number of carboxylic acid groups (broad SMARTS) is 1. The molecule has 1 aliphatic rings. The quantitative estimate of drug-likeness (QED) is 0.773. The summed E-state index contributed by atoms with van der Waals surface area (Å²) in [4.78, 5) is 13.1. The molecule has 1 heterocycles. The van der Waals surface area contributed by atoms with Crippen LogP contribution in [0, 0.1) is 0 Å². The van der Waals surface area contributed by atoms with Crippen LogP contribution in [-0.4, -0.2) is 53.5 Å². The molecule has 0 unspecified atom stereocenters. The zero-order valence-corrected chi connectivity index (χ0v) is 11.4. The van der Waals surface area contributed by atoms with Crippen LogP contribution >= 0.6 is 0 Å². The van der Waals surface area contributed by atoms with Gasteiger partial charge in [-0.15, -0.1) is 0 Å². The molecule has 100 valence electrons. The molecular weight excluding hydrogens is 220 g/mol. The first-order chi connectivity index (χ1) is 7.73. The zero-order valence-electron chi connectivity index (χ0n) is 11.4. The van der Waals surface area contributed by atoms with Gasteiger partial charge >= 0.3 is 6.09 Å². The molecule has 0 aromatic rings. The zero-order chi connectivity index (χ0) is 13.3. The lowest BCUT2D eigenvalue weighted by Crippen LogP contribution is -2.68. The number of nitrogens with zero attached hydrogens (tertiary/aromatic N) is 1. The van der Waals surface area contributed by atoms with Crippen molar-refractivity contribution in [2.45, 2.75) is 51.3 Å². The molecule has 0 bridgehead atoms. The van der Waals surface area contributed by atoms with E-state index in [9.17, 15) is 9.90 Å². The summed E-state index contributed by atoms with van der Waals surface area (Å²) in [5.74, 6) is 0. The molecule has 1 fully saturated rings. The Morgan fingerprint density at radius 1 is 1.53 bits per heavy atom.